The quantitative estimate of drug-likeness (QED) is 0.130. The molecule has 5 rings (SSSR count). The van der Waals surface area contributed by atoms with Crippen molar-refractivity contribution in [3.05, 3.63) is 115 Å². The van der Waals surface area contributed by atoms with Crippen LogP contribution in [0.1, 0.15) is 24.8 Å². The SMILES string of the molecule is C[n+]1ccn(CCCCc2ccc(NC3=CC(=Nc4ccc(NCCCn5cc[n+](C)c5)cc4)C(N)=CC3=O)cc2)c1. The molecule has 0 bridgehead atoms. The molecule has 0 radical (unpaired) electrons. The number of unbranched alkanes of at least 4 members (excludes halogenated alkanes) is 1. The number of anilines is 2. The zero-order chi connectivity index (χ0) is 29.3. The highest BCUT2D eigenvalue weighted by atomic mass is 16.1. The van der Waals surface area contributed by atoms with Crippen LogP contribution in [0.4, 0.5) is 17.1 Å². The van der Waals surface area contributed by atoms with Crippen molar-refractivity contribution in [2.45, 2.75) is 38.8 Å². The Morgan fingerprint density at radius 1 is 0.810 bits per heavy atom. The van der Waals surface area contributed by atoms with E-state index in [4.69, 9.17) is 10.7 Å². The van der Waals surface area contributed by atoms with Gasteiger partial charge in [0.05, 0.1) is 50.0 Å². The molecule has 0 unspecified atom stereocenters. The third-order valence-electron chi connectivity index (χ3n) is 7.18. The topological polar surface area (TPSA) is 97.1 Å². The zero-order valence-corrected chi connectivity index (χ0v) is 24.4. The highest BCUT2D eigenvalue weighted by molar-refractivity contribution is 6.23. The monoisotopic (exact) mass is 564 g/mol. The molecule has 4 aromatic rings. The molecule has 0 fully saturated rings. The van der Waals surface area contributed by atoms with E-state index in [1.54, 1.807) is 6.08 Å². The van der Waals surface area contributed by atoms with Crippen molar-refractivity contribution in [1.82, 2.24) is 9.13 Å². The number of carbonyl (C=O) groups is 1. The minimum atomic E-state index is -0.165. The van der Waals surface area contributed by atoms with Gasteiger partial charge in [0, 0.05) is 30.4 Å². The Hall–Kier alpha value is -4.92. The van der Waals surface area contributed by atoms with Gasteiger partial charge < -0.3 is 16.4 Å². The van der Waals surface area contributed by atoms with E-state index in [1.165, 1.54) is 11.6 Å². The van der Waals surface area contributed by atoms with E-state index in [0.717, 1.165) is 62.4 Å². The van der Waals surface area contributed by atoms with Crippen LogP contribution in [-0.2, 0) is 38.4 Å². The minimum Gasteiger partial charge on any atom is -0.397 e. The highest BCUT2D eigenvalue weighted by Crippen LogP contribution is 2.21. The number of ketones is 1. The number of hydrogen-bond donors (Lipinski definition) is 3. The maximum absolute atomic E-state index is 12.7. The van der Waals surface area contributed by atoms with Crippen molar-refractivity contribution in [3.63, 3.8) is 0 Å². The fraction of sp³-hybridized carbons (Fsp3) is 0.273. The smallest absolute Gasteiger partial charge is 0.243 e. The molecule has 0 amide bonds. The van der Waals surface area contributed by atoms with Gasteiger partial charge in [-0.2, -0.15) is 0 Å². The summed E-state index contributed by atoms with van der Waals surface area (Å²) in [5.41, 5.74) is 11.5. The number of aromatic nitrogens is 4. The van der Waals surface area contributed by atoms with E-state index in [-0.39, 0.29) is 5.78 Å². The van der Waals surface area contributed by atoms with Gasteiger partial charge in [-0.25, -0.2) is 23.3 Å². The lowest BCUT2D eigenvalue weighted by Gasteiger charge is -2.15. The van der Waals surface area contributed by atoms with Gasteiger partial charge in [-0.3, -0.25) is 4.79 Å². The van der Waals surface area contributed by atoms with Gasteiger partial charge in [0.15, 0.2) is 0 Å². The number of benzene rings is 2. The summed E-state index contributed by atoms with van der Waals surface area (Å²) in [6.07, 6.45) is 19.9. The fourth-order valence-electron chi connectivity index (χ4n) is 4.87. The molecule has 9 nitrogen and oxygen atoms in total. The Kier molecular flexibility index (Phi) is 9.28. The van der Waals surface area contributed by atoms with Gasteiger partial charge in [0.2, 0.25) is 18.4 Å². The van der Waals surface area contributed by atoms with Crippen LogP contribution in [0.3, 0.4) is 0 Å². The van der Waals surface area contributed by atoms with Crippen molar-refractivity contribution in [3.8, 4) is 0 Å². The molecule has 4 N–H and O–H groups in total. The van der Waals surface area contributed by atoms with Gasteiger partial charge in [-0.15, -0.1) is 0 Å². The molecule has 1 aliphatic carbocycles. The van der Waals surface area contributed by atoms with Crippen LogP contribution in [0.15, 0.2) is 115 Å². The van der Waals surface area contributed by atoms with Gasteiger partial charge in [-0.1, -0.05) is 12.1 Å². The number of nitrogens with one attached hydrogen (secondary N) is 2. The Balaban J connectivity index is 1.12. The van der Waals surface area contributed by atoms with Gasteiger partial charge in [0.1, 0.15) is 24.8 Å². The van der Waals surface area contributed by atoms with Crippen LogP contribution in [0, 0.1) is 0 Å². The fourth-order valence-corrected chi connectivity index (χ4v) is 4.87. The molecule has 0 saturated heterocycles. The summed E-state index contributed by atoms with van der Waals surface area (Å²) in [6, 6.07) is 16.2. The normalized spacial score (nSPS) is 14.1. The van der Waals surface area contributed by atoms with E-state index < -0.39 is 0 Å². The summed E-state index contributed by atoms with van der Waals surface area (Å²) >= 11 is 0. The van der Waals surface area contributed by atoms with E-state index in [9.17, 15) is 4.79 Å². The van der Waals surface area contributed by atoms with Crippen molar-refractivity contribution >= 4 is 28.6 Å². The molecule has 0 saturated carbocycles. The Morgan fingerprint density at radius 2 is 1.45 bits per heavy atom. The molecule has 2 aromatic carbocycles. The molecule has 0 atom stereocenters. The maximum atomic E-state index is 12.7. The van der Waals surface area contributed by atoms with Crippen LogP contribution in [0.5, 0.6) is 0 Å². The van der Waals surface area contributed by atoms with Gasteiger partial charge in [-0.05, 0) is 67.3 Å². The molecule has 42 heavy (non-hydrogen) atoms. The van der Waals surface area contributed by atoms with E-state index >= 15 is 0 Å². The molecule has 1 aliphatic rings. The number of rotatable bonds is 13. The van der Waals surface area contributed by atoms with Crippen LogP contribution in [0.25, 0.3) is 0 Å². The van der Waals surface area contributed by atoms with E-state index in [0.29, 0.717) is 17.1 Å². The first-order valence-corrected chi connectivity index (χ1v) is 14.5. The van der Waals surface area contributed by atoms with Crippen LogP contribution >= 0.6 is 0 Å². The lowest BCUT2D eigenvalue weighted by atomic mass is 10.0. The number of imidazole rings is 2. The molecule has 216 valence electrons. The third kappa shape index (κ3) is 8.06. The van der Waals surface area contributed by atoms with E-state index in [2.05, 4.69) is 67.7 Å². The molecule has 2 heterocycles. The summed E-state index contributed by atoms with van der Waals surface area (Å²) in [5, 5.41) is 6.70. The molecular weight excluding hydrogens is 524 g/mol. The first kappa shape index (κ1) is 28.6. The Bertz CT molecular complexity index is 1590. The zero-order valence-electron chi connectivity index (χ0n) is 24.4. The maximum Gasteiger partial charge on any atom is 0.243 e. The molecule has 2 aromatic heterocycles. The summed E-state index contributed by atoms with van der Waals surface area (Å²) in [6.45, 7) is 2.86. The molecular formula is C33H40N8O+2. The number of aliphatic imine (C=N–C) groups is 1. The van der Waals surface area contributed by atoms with Crippen molar-refractivity contribution in [1.29, 1.82) is 0 Å². The van der Waals surface area contributed by atoms with E-state index in [1.807, 2.05) is 61.3 Å². The second-order valence-electron chi connectivity index (χ2n) is 10.8. The van der Waals surface area contributed by atoms with Crippen LogP contribution < -0.4 is 25.5 Å². The average molecular weight is 565 g/mol. The minimum absolute atomic E-state index is 0.165. The molecule has 0 spiro atoms. The Labute approximate surface area is 247 Å². The summed E-state index contributed by atoms with van der Waals surface area (Å²) in [5.74, 6) is -0.165. The molecule has 9 heteroatoms. The Morgan fingerprint density at radius 3 is 2.10 bits per heavy atom. The van der Waals surface area contributed by atoms with Gasteiger partial charge in [0.25, 0.3) is 0 Å². The van der Waals surface area contributed by atoms with Crippen LogP contribution in [-0.4, -0.2) is 27.2 Å². The highest BCUT2D eigenvalue weighted by Gasteiger charge is 2.17. The van der Waals surface area contributed by atoms with Crippen molar-refractivity contribution in [2.24, 2.45) is 24.8 Å². The lowest BCUT2D eigenvalue weighted by molar-refractivity contribution is -0.671. The summed E-state index contributed by atoms with van der Waals surface area (Å²) in [7, 11) is 4.06. The predicted molar refractivity (Wildman–Crippen MR) is 166 cm³/mol. The van der Waals surface area contributed by atoms with Gasteiger partial charge >= 0.3 is 0 Å². The summed E-state index contributed by atoms with van der Waals surface area (Å²) < 4.78 is 8.48. The second-order valence-corrected chi connectivity index (χ2v) is 10.8. The third-order valence-corrected chi connectivity index (χ3v) is 7.18. The first-order chi connectivity index (χ1) is 20.4. The predicted octanol–water partition coefficient (Wildman–Crippen LogP) is 3.96. The second kappa shape index (κ2) is 13.6. The lowest BCUT2D eigenvalue weighted by Crippen LogP contribution is -2.23. The van der Waals surface area contributed by atoms with Crippen molar-refractivity contribution < 1.29 is 13.9 Å². The number of allylic oxidation sites excluding steroid dienone is 2. The largest absolute Gasteiger partial charge is 0.397 e. The summed E-state index contributed by atoms with van der Waals surface area (Å²) in [4.78, 5) is 17.4. The first-order valence-electron chi connectivity index (χ1n) is 14.5. The number of nitrogens with zero attached hydrogens (tertiary/aromatic N) is 5. The molecule has 0 aliphatic heterocycles. The number of hydrogen-bond acceptors (Lipinski definition) is 5. The number of aryl methyl sites for hydroxylation is 5. The van der Waals surface area contributed by atoms with Crippen LogP contribution in [0.2, 0.25) is 0 Å². The van der Waals surface area contributed by atoms with Crippen molar-refractivity contribution in [2.75, 3.05) is 17.2 Å². The number of nitrogens with two attached hydrogens (primary N) is 1. The number of carbonyl (C=O) groups excluding carboxylic acids is 1. The standard InChI is InChI=1S/C33H39N8O/c1-38-18-20-40(24-38)16-4-3-6-26-7-9-28(10-8-26)37-32-23-31(30(34)22-33(32)42)36-29-13-11-27(12-14-29)35-15-5-17-41-21-19-39(2)25-41/h7-14,18-25H,3-6,15-17H2,1-2H3,(H3-,34,35,36,37,42)/q+1/p+1. The average Bonchev–Trinajstić information content (AvgIpc) is 3.60.